The molecular weight excluding hydrogens is 194 g/mol. The number of fused-ring (bicyclic) bond motifs is 2. The zero-order valence-corrected chi connectivity index (χ0v) is 8.90. The second-order valence-electron chi connectivity index (χ2n) is 4.54. The molecule has 1 saturated carbocycles. The lowest BCUT2D eigenvalue weighted by Gasteiger charge is -2.46. The van der Waals surface area contributed by atoms with Crippen molar-refractivity contribution in [1.82, 2.24) is 5.32 Å². The molecular formula is C12H14ClN. The van der Waals surface area contributed by atoms with Gasteiger partial charge >= 0.3 is 0 Å². The van der Waals surface area contributed by atoms with Crippen molar-refractivity contribution in [2.75, 3.05) is 6.54 Å². The molecule has 0 unspecified atom stereocenters. The Bertz CT molecular complexity index is 369. The summed E-state index contributed by atoms with van der Waals surface area (Å²) in [6, 6.07) is 6.38. The topological polar surface area (TPSA) is 12.0 Å². The first-order chi connectivity index (χ1) is 6.80. The van der Waals surface area contributed by atoms with E-state index < -0.39 is 0 Å². The highest BCUT2D eigenvalue weighted by Crippen LogP contribution is 2.46. The molecule has 0 saturated heterocycles. The fourth-order valence-corrected chi connectivity index (χ4v) is 3.00. The van der Waals surface area contributed by atoms with E-state index in [0.29, 0.717) is 5.41 Å². The fourth-order valence-electron chi connectivity index (χ4n) is 2.81. The SMILES string of the molecule is Clc1ccc2c(c1)CNCC21CCC1. The molecule has 2 aliphatic rings. The summed E-state index contributed by atoms with van der Waals surface area (Å²) in [6.07, 6.45) is 4.06. The molecule has 1 aliphatic heterocycles. The fraction of sp³-hybridized carbons (Fsp3) is 0.500. The number of hydrogen-bond acceptors (Lipinski definition) is 1. The van der Waals surface area contributed by atoms with Crippen LogP contribution < -0.4 is 5.32 Å². The molecule has 74 valence electrons. The van der Waals surface area contributed by atoms with Gasteiger partial charge in [-0.1, -0.05) is 24.1 Å². The number of rotatable bonds is 0. The summed E-state index contributed by atoms with van der Waals surface area (Å²) in [5.41, 5.74) is 3.41. The second-order valence-corrected chi connectivity index (χ2v) is 4.98. The predicted octanol–water partition coefficient (Wildman–Crippen LogP) is 2.86. The first-order valence-corrected chi connectivity index (χ1v) is 5.68. The van der Waals surface area contributed by atoms with Gasteiger partial charge in [0.1, 0.15) is 0 Å². The van der Waals surface area contributed by atoms with Gasteiger partial charge in [0.25, 0.3) is 0 Å². The van der Waals surface area contributed by atoms with Gasteiger partial charge in [-0.15, -0.1) is 0 Å². The molecule has 0 bridgehead atoms. The van der Waals surface area contributed by atoms with E-state index in [4.69, 9.17) is 11.6 Å². The maximum atomic E-state index is 6.00. The number of halogens is 1. The lowest BCUT2D eigenvalue weighted by atomic mass is 9.62. The van der Waals surface area contributed by atoms with Crippen LogP contribution in [0.1, 0.15) is 30.4 Å². The zero-order valence-electron chi connectivity index (χ0n) is 8.15. The van der Waals surface area contributed by atoms with E-state index >= 15 is 0 Å². The van der Waals surface area contributed by atoms with Crippen molar-refractivity contribution in [2.24, 2.45) is 0 Å². The highest BCUT2D eigenvalue weighted by Gasteiger charge is 2.41. The van der Waals surface area contributed by atoms with Crippen LogP contribution in [-0.2, 0) is 12.0 Å². The van der Waals surface area contributed by atoms with Crippen LogP contribution in [0.25, 0.3) is 0 Å². The van der Waals surface area contributed by atoms with Crippen LogP contribution in [0.2, 0.25) is 5.02 Å². The Hall–Kier alpha value is -0.530. The van der Waals surface area contributed by atoms with Gasteiger partial charge in [0.05, 0.1) is 0 Å². The van der Waals surface area contributed by atoms with Gasteiger partial charge in [0, 0.05) is 23.5 Å². The summed E-state index contributed by atoms with van der Waals surface area (Å²) in [7, 11) is 0. The molecule has 1 nitrogen and oxygen atoms in total. The van der Waals surface area contributed by atoms with E-state index in [0.717, 1.165) is 18.1 Å². The average Bonchev–Trinajstić information content (AvgIpc) is 2.13. The summed E-state index contributed by atoms with van der Waals surface area (Å²) >= 11 is 6.00. The van der Waals surface area contributed by atoms with Gasteiger partial charge in [-0.3, -0.25) is 0 Å². The van der Waals surface area contributed by atoms with Crippen LogP contribution >= 0.6 is 11.6 Å². The Morgan fingerprint density at radius 2 is 2.14 bits per heavy atom. The monoisotopic (exact) mass is 207 g/mol. The lowest BCUT2D eigenvalue weighted by molar-refractivity contribution is 0.219. The Balaban J connectivity index is 2.10. The first kappa shape index (κ1) is 8.75. The number of hydrogen-bond donors (Lipinski definition) is 1. The molecule has 1 fully saturated rings. The number of nitrogens with one attached hydrogen (secondary N) is 1. The standard InChI is InChI=1S/C12H14ClN/c13-10-2-3-11-9(6-10)7-14-8-12(11)4-1-5-12/h2-3,6,14H,1,4-5,7-8H2. The molecule has 0 radical (unpaired) electrons. The van der Waals surface area contributed by atoms with E-state index in [2.05, 4.69) is 17.4 Å². The summed E-state index contributed by atoms with van der Waals surface area (Å²) in [4.78, 5) is 0. The highest BCUT2D eigenvalue weighted by molar-refractivity contribution is 6.30. The van der Waals surface area contributed by atoms with E-state index in [9.17, 15) is 0 Å². The van der Waals surface area contributed by atoms with Crippen molar-refractivity contribution in [3.05, 3.63) is 34.3 Å². The third kappa shape index (κ3) is 1.12. The largest absolute Gasteiger partial charge is 0.312 e. The van der Waals surface area contributed by atoms with Crippen LogP contribution in [0, 0.1) is 0 Å². The van der Waals surface area contributed by atoms with Gasteiger partial charge in [0.15, 0.2) is 0 Å². The minimum Gasteiger partial charge on any atom is -0.312 e. The molecule has 0 atom stereocenters. The Morgan fingerprint density at radius 1 is 1.29 bits per heavy atom. The van der Waals surface area contributed by atoms with Gasteiger partial charge in [-0.05, 0) is 36.1 Å². The quantitative estimate of drug-likeness (QED) is 0.690. The van der Waals surface area contributed by atoms with Crippen molar-refractivity contribution in [3.63, 3.8) is 0 Å². The van der Waals surface area contributed by atoms with Crippen molar-refractivity contribution >= 4 is 11.6 Å². The Morgan fingerprint density at radius 3 is 2.86 bits per heavy atom. The van der Waals surface area contributed by atoms with E-state index in [1.54, 1.807) is 5.56 Å². The molecule has 0 amide bonds. The van der Waals surface area contributed by atoms with Gasteiger partial charge in [0.2, 0.25) is 0 Å². The summed E-state index contributed by atoms with van der Waals surface area (Å²) < 4.78 is 0. The third-order valence-corrected chi connectivity index (χ3v) is 3.96. The van der Waals surface area contributed by atoms with Crippen LogP contribution in [0.4, 0.5) is 0 Å². The van der Waals surface area contributed by atoms with Crippen molar-refractivity contribution in [1.29, 1.82) is 0 Å². The molecule has 1 spiro atoms. The summed E-state index contributed by atoms with van der Waals surface area (Å²) in [5.74, 6) is 0. The summed E-state index contributed by atoms with van der Waals surface area (Å²) in [5, 5.41) is 4.37. The predicted molar refractivity (Wildman–Crippen MR) is 58.7 cm³/mol. The molecule has 3 rings (SSSR count). The second kappa shape index (κ2) is 2.98. The van der Waals surface area contributed by atoms with Gasteiger partial charge in [-0.25, -0.2) is 0 Å². The minimum atomic E-state index is 0.457. The summed E-state index contributed by atoms with van der Waals surface area (Å²) in [6.45, 7) is 2.14. The van der Waals surface area contributed by atoms with Crippen molar-refractivity contribution in [2.45, 2.75) is 31.2 Å². The van der Waals surface area contributed by atoms with Crippen LogP contribution in [0.15, 0.2) is 18.2 Å². The van der Waals surface area contributed by atoms with E-state index in [-0.39, 0.29) is 0 Å². The molecule has 0 aromatic heterocycles. The Labute approximate surface area is 89.5 Å². The van der Waals surface area contributed by atoms with Crippen LogP contribution in [-0.4, -0.2) is 6.54 Å². The van der Waals surface area contributed by atoms with Crippen molar-refractivity contribution in [3.8, 4) is 0 Å². The zero-order chi connectivity index (χ0) is 9.60. The van der Waals surface area contributed by atoms with Gasteiger partial charge in [-0.2, -0.15) is 0 Å². The molecule has 1 aromatic rings. The molecule has 1 aliphatic carbocycles. The minimum absolute atomic E-state index is 0.457. The molecule has 14 heavy (non-hydrogen) atoms. The average molecular weight is 208 g/mol. The van der Waals surface area contributed by atoms with E-state index in [1.807, 2.05) is 6.07 Å². The first-order valence-electron chi connectivity index (χ1n) is 5.30. The molecule has 1 N–H and O–H groups in total. The van der Waals surface area contributed by atoms with Crippen LogP contribution in [0.5, 0.6) is 0 Å². The maximum Gasteiger partial charge on any atom is 0.0409 e. The molecule has 2 heteroatoms. The molecule has 1 aromatic carbocycles. The maximum absolute atomic E-state index is 6.00. The van der Waals surface area contributed by atoms with Crippen LogP contribution in [0.3, 0.4) is 0 Å². The number of benzene rings is 1. The smallest absolute Gasteiger partial charge is 0.0409 e. The lowest BCUT2D eigenvalue weighted by Crippen LogP contribution is -2.47. The molecule has 1 heterocycles. The van der Waals surface area contributed by atoms with E-state index in [1.165, 1.54) is 24.8 Å². The van der Waals surface area contributed by atoms with Gasteiger partial charge < -0.3 is 5.32 Å². The highest BCUT2D eigenvalue weighted by atomic mass is 35.5. The van der Waals surface area contributed by atoms with Crippen molar-refractivity contribution < 1.29 is 0 Å². The normalized spacial score (nSPS) is 22.9. The Kier molecular flexibility index (Phi) is 1.86. The third-order valence-electron chi connectivity index (χ3n) is 3.73.